The molecule has 1 aromatic heterocycles. The number of H-pyrrole nitrogens is 1. The quantitative estimate of drug-likeness (QED) is 0.868. The van der Waals surface area contributed by atoms with Gasteiger partial charge in [0.2, 0.25) is 0 Å². The van der Waals surface area contributed by atoms with Gasteiger partial charge in [-0.15, -0.1) is 0 Å². The Hall–Kier alpha value is -0.880. The number of nitrogens with one attached hydrogen (secondary N) is 2. The molecule has 1 fully saturated rings. The van der Waals surface area contributed by atoms with Crippen LogP contribution in [0.1, 0.15) is 12.8 Å². The highest BCUT2D eigenvalue weighted by molar-refractivity contribution is 9.10. The maximum atomic E-state index is 11.3. The van der Waals surface area contributed by atoms with Gasteiger partial charge in [-0.25, -0.2) is 4.98 Å². The fourth-order valence-electron chi connectivity index (χ4n) is 1.84. The molecule has 0 spiro atoms. The third kappa shape index (κ3) is 2.82. The summed E-state index contributed by atoms with van der Waals surface area (Å²) in [5, 5.41) is 3.16. The molecule has 6 heteroatoms. The maximum Gasteiger partial charge on any atom is 0.267 e. The van der Waals surface area contributed by atoms with Crippen LogP contribution in [0.3, 0.4) is 0 Å². The highest BCUT2D eigenvalue weighted by atomic mass is 79.9. The number of likely N-dealkylation sites (tertiary alicyclic amines) is 1. The van der Waals surface area contributed by atoms with Crippen molar-refractivity contribution in [2.45, 2.75) is 12.8 Å². The summed E-state index contributed by atoms with van der Waals surface area (Å²) in [6.45, 7) is 4.19. The Balaban J connectivity index is 1.84. The number of hydrogen-bond acceptors (Lipinski definition) is 4. The standard InChI is InChI=1S/C10H15BrN4O/c11-8-9(13-7-14-10(8)16)12-3-6-15-4-1-2-5-15/h7H,1-6H2,(H2,12,13,14,16). The summed E-state index contributed by atoms with van der Waals surface area (Å²) in [6, 6.07) is 0. The van der Waals surface area contributed by atoms with Crippen LogP contribution in [-0.4, -0.2) is 41.0 Å². The minimum Gasteiger partial charge on any atom is -0.368 e. The van der Waals surface area contributed by atoms with Crippen LogP contribution in [0.25, 0.3) is 0 Å². The molecule has 1 aromatic rings. The van der Waals surface area contributed by atoms with Crippen LogP contribution in [-0.2, 0) is 0 Å². The molecule has 0 saturated carbocycles. The zero-order valence-electron chi connectivity index (χ0n) is 9.00. The van der Waals surface area contributed by atoms with E-state index in [1.807, 2.05) is 0 Å². The fraction of sp³-hybridized carbons (Fsp3) is 0.600. The van der Waals surface area contributed by atoms with Gasteiger partial charge in [-0.2, -0.15) is 0 Å². The smallest absolute Gasteiger partial charge is 0.267 e. The summed E-state index contributed by atoms with van der Waals surface area (Å²) in [5.41, 5.74) is -0.154. The summed E-state index contributed by atoms with van der Waals surface area (Å²) in [6.07, 6.45) is 4.01. The van der Waals surface area contributed by atoms with Gasteiger partial charge in [0.15, 0.2) is 0 Å². The minimum atomic E-state index is -0.154. The Labute approximate surface area is 102 Å². The largest absolute Gasteiger partial charge is 0.368 e. The molecular weight excluding hydrogens is 272 g/mol. The van der Waals surface area contributed by atoms with Gasteiger partial charge in [0.05, 0.1) is 6.33 Å². The van der Waals surface area contributed by atoms with E-state index in [1.54, 1.807) is 0 Å². The van der Waals surface area contributed by atoms with Gasteiger partial charge in [-0.1, -0.05) is 0 Å². The van der Waals surface area contributed by atoms with Crippen LogP contribution in [0.5, 0.6) is 0 Å². The molecule has 1 aliphatic heterocycles. The average Bonchev–Trinajstić information content (AvgIpc) is 2.77. The van der Waals surface area contributed by atoms with E-state index in [2.05, 4.69) is 36.1 Å². The lowest BCUT2D eigenvalue weighted by molar-refractivity contribution is 0.352. The van der Waals surface area contributed by atoms with Crippen LogP contribution < -0.4 is 10.9 Å². The van der Waals surface area contributed by atoms with Crippen molar-refractivity contribution in [3.8, 4) is 0 Å². The molecule has 0 aromatic carbocycles. The lowest BCUT2D eigenvalue weighted by atomic mass is 10.4. The molecule has 5 nitrogen and oxygen atoms in total. The van der Waals surface area contributed by atoms with E-state index in [0.717, 1.165) is 13.1 Å². The van der Waals surface area contributed by atoms with Crippen LogP contribution in [0.4, 0.5) is 5.82 Å². The molecular formula is C10H15BrN4O. The molecule has 0 atom stereocenters. The Morgan fingerprint density at radius 3 is 3.00 bits per heavy atom. The van der Waals surface area contributed by atoms with Crippen molar-refractivity contribution < 1.29 is 0 Å². The van der Waals surface area contributed by atoms with Crippen LogP contribution in [0.15, 0.2) is 15.6 Å². The van der Waals surface area contributed by atoms with Crippen molar-refractivity contribution >= 4 is 21.7 Å². The van der Waals surface area contributed by atoms with E-state index in [0.29, 0.717) is 10.3 Å². The number of halogens is 1. The zero-order valence-corrected chi connectivity index (χ0v) is 10.6. The first-order valence-electron chi connectivity index (χ1n) is 5.47. The molecule has 0 bridgehead atoms. The highest BCUT2D eigenvalue weighted by Gasteiger charge is 2.11. The van der Waals surface area contributed by atoms with Crippen molar-refractivity contribution in [3.05, 3.63) is 21.2 Å². The topological polar surface area (TPSA) is 61.0 Å². The minimum absolute atomic E-state index is 0.154. The van der Waals surface area contributed by atoms with E-state index in [1.165, 1.54) is 32.3 Å². The zero-order chi connectivity index (χ0) is 11.4. The third-order valence-electron chi connectivity index (χ3n) is 2.72. The molecule has 2 N–H and O–H groups in total. The van der Waals surface area contributed by atoms with Crippen LogP contribution >= 0.6 is 15.9 Å². The van der Waals surface area contributed by atoms with Gasteiger partial charge in [0.25, 0.3) is 5.56 Å². The van der Waals surface area contributed by atoms with Gasteiger partial charge in [-0.3, -0.25) is 4.79 Å². The van der Waals surface area contributed by atoms with Crippen molar-refractivity contribution in [1.29, 1.82) is 0 Å². The first kappa shape index (κ1) is 11.6. The lowest BCUT2D eigenvalue weighted by Crippen LogP contribution is -2.26. The monoisotopic (exact) mass is 286 g/mol. The van der Waals surface area contributed by atoms with Gasteiger partial charge >= 0.3 is 0 Å². The Bertz CT molecular complexity index is 400. The first-order chi connectivity index (χ1) is 7.77. The van der Waals surface area contributed by atoms with E-state index in [4.69, 9.17) is 0 Å². The number of aromatic amines is 1. The molecule has 0 unspecified atom stereocenters. The van der Waals surface area contributed by atoms with Crippen LogP contribution in [0, 0.1) is 0 Å². The van der Waals surface area contributed by atoms with Crippen molar-refractivity contribution in [2.24, 2.45) is 0 Å². The summed E-state index contributed by atoms with van der Waals surface area (Å²) >= 11 is 3.21. The molecule has 2 heterocycles. The molecule has 1 aliphatic rings. The Morgan fingerprint density at radius 1 is 1.50 bits per heavy atom. The average molecular weight is 287 g/mol. The van der Waals surface area contributed by atoms with Crippen LogP contribution in [0.2, 0.25) is 0 Å². The Kier molecular flexibility index (Phi) is 3.95. The maximum absolute atomic E-state index is 11.3. The third-order valence-corrected chi connectivity index (χ3v) is 3.45. The number of anilines is 1. The van der Waals surface area contributed by atoms with E-state index < -0.39 is 0 Å². The summed E-state index contributed by atoms with van der Waals surface area (Å²) < 4.78 is 0.469. The first-order valence-corrected chi connectivity index (χ1v) is 6.26. The van der Waals surface area contributed by atoms with Crippen molar-refractivity contribution in [3.63, 3.8) is 0 Å². The molecule has 2 rings (SSSR count). The molecule has 0 amide bonds. The number of rotatable bonds is 4. The molecule has 1 saturated heterocycles. The fourth-order valence-corrected chi connectivity index (χ4v) is 2.20. The van der Waals surface area contributed by atoms with Gasteiger partial charge < -0.3 is 15.2 Å². The number of hydrogen-bond donors (Lipinski definition) is 2. The predicted octanol–water partition coefficient (Wildman–Crippen LogP) is 1.04. The Morgan fingerprint density at radius 2 is 2.25 bits per heavy atom. The van der Waals surface area contributed by atoms with E-state index in [-0.39, 0.29) is 5.56 Å². The second kappa shape index (κ2) is 5.45. The predicted molar refractivity (Wildman–Crippen MR) is 66.7 cm³/mol. The summed E-state index contributed by atoms with van der Waals surface area (Å²) in [4.78, 5) is 20.3. The second-order valence-corrected chi connectivity index (χ2v) is 4.66. The molecule has 16 heavy (non-hydrogen) atoms. The second-order valence-electron chi connectivity index (χ2n) is 3.87. The summed E-state index contributed by atoms with van der Waals surface area (Å²) in [5.74, 6) is 0.614. The lowest BCUT2D eigenvalue weighted by Gasteiger charge is -2.15. The molecule has 0 radical (unpaired) electrons. The normalized spacial score (nSPS) is 16.6. The van der Waals surface area contributed by atoms with Crippen molar-refractivity contribution in [1.82, 2.24) is 14.9 Å². The number of nitrogens with zero attached hydrogens (tertiary/aromatic N) is 2. The highest BCUT2D eigenvalue weighted by Crippen LogP contribution is 2.13. The molecule has 88 valence electrons. The van der Waals surface area contributed by atoms with Gasteiger partial charge in [0, 0.05) is 13.1 Å². The number of aromatic nitrogens is 2. The van der Waals surface area contributed by atoms with Gasteiger partial charge in [-0.05, 0) is 41.9 Å². The van der Waals surface area contributed by atoms with Gasteiger partial charge in [0.1, 0.15) is 10.3 Å². The van der Waals surface area contributed by atoms with E-state index >= 15 is 0 Å². The van der Waals surface area contributed by atoms with Crippen molar-refractivity contribution in [2.75, 3.05) is 31.5 Å². The summed E-state index contributed by atoms with van der Waals surface area (Å²) in [7, 11) is 0. The SMILES string of the molecule is O=c1[nH]cnc(NCCN2CCCC2)c1Br. The molecule has 0 aliphatic carbocycles. The van der Waals surface area contributed by atoms with E-state index in [9.17, 15) is 4.79 Å².